The quantitative estimate of drug-likeness (QED) is 0.461. The topological polar surface area (TPSA) is 127 Å². The second kappa shape index (κ2) is 8.97. The van der Waals surface area contributed by atoms with E-state index in [1.165, 1.54) is 15.8 Å². The lowest BCUT2D eigenvalue weighted by Gasteiger charge is -2.18. The number of allylic oxidation sites excluding steroid dienone is 1. The molecule has 0 amide bonds. The Balaban J connectivity index is 1.47. The first kappa shape index (κ1) is 19.3. The van der Waals surface area contributed by atoms with Crippen LogP contribution in [-0.2, 0) is 6.54 Å². The summed E-state index contributed by atoms with van der Waals surface area (Å²) in [6.45, 7) is 2.59. The number of nitrogen functional groups attached to an aromatic ring is 1. The fourth-order valence-corrected chi connectivity index (χ4v) is 4.17. The Kier molecular flexibility index (Phi) is 5.97. The molecule has 3 aromatic rings. The average molecular weight is 409 g/mol. The Morgan fingerprint density at radius 2 is 2.21 bits per heavy atom. The van der Waals surface area contributed by atoms with Gasteiger partial charge < -0.3 is 22.1 Å². The summed E-state index contributed by atoms with van der Waals surface area (Å²) in [5.74, 6) is 0.885. The molecule has 0 atom stereocenters. The molecule has 29 heavy (non-hydrogen) atoms. The first-order valence-corrected chi connectivity index (χ1v) is 10.4. The summed E-state index contributed by atoms with van der Waals surface area (Å²) in [6, 6.07) is 4.44. The number of nitrogens with one attached hydrogen (secondary N) is 2. The van der Waals surface area contributed by atoms with Gasteiger partial charge in [0.15, 0.2) is 11.6 Å². The number of hydrogen-bond donors (Lipinski definition) is 4. The van der Waals surface area contributed by atoms with Crippen LogP contribution in [-0.4, -0.2) is 40.3 Å². The first-order valence-electron chi connectivity index (χ1n) is 9.58. The summed E-state index contributed by atoms with van der Waals surface area (Å²) >= 11 is 1.71. The zero-order valence-corrected chi connectivity index (χ0v) is 16.8. The second-order valence-corrected chi connectivity index (χ2v) is 8.02. The summed E-state index contributed by atoms with van der Waals surface area (Å²) in [6.07, 6.45) is 10.6. The fraction of sp³-hybridized carbons (Fsp3) is 0.300. The summed E-state index contributed by atoms with van der Waals surface area (Å²) in [7, 11) is 0. The van der Waals surface area contributed by atoms with Crippen LogP contribution in [0.2, 0.25) is 0 Å². The van der Waals surface area contributed by atoms with Crippen LogP contribution in [0, 0.1) is 0 Å². The van der Waals surface area contributed by atoms with E-state index in [1.54, 1.807) is 29.9 Å². The van der Waals surface area contributed by atoms with E-state index in [4.69, 9.17) is 11.5 Å². The smallest absolute Gasteiger partial charge is 0.169 e. The minimum atomic E-state index is 0.313. The van der Waals surface area contributed by atoms with Crippen LogP contribution in [0.25, 0.3) is 15.7 Å². The molecule has 4 rings (SSSR count). The van der Waals surface area contributed by atoms with Gasteiger partial charge in [0, 0.05) is 45.3 Å². The van der Waals surface area contributed by atoms with Crippen molar-refractivity contribution in [2.45, 2.75) is 25.4 Å². The normalized spacial score (nSPS) is 15.9. The van der Waals surface area contributed by atoms with Crippen LogP contribution in [0.4, 0.5) is 11.6 Å². The second-order valence-electron chi connectivity index (χ2n) is 6.85. The molecule has 0 saturated carbocycles. The highest BCUT2D eigenvalue weighted by atomic mass is 32.1. The van der Waals surface area contributed by atoms with Crippen LogP contribution >= 0.6 is 11.3 Å². The molecule has 0 radical (unpaired) electrons. The van der Waals surface area contributed by atoms with E-state index >= 15 is 0 Å². The maximum atomic E-state index is 6.03. The van der Waals surface area contributed by atoms with Gasteiger partial charge in [-0.25, -0.2) is 9.97 Å². The monoisotopic (exact) mass is 408 g/mol. The van der Waals surface area contributed by atoms with Crippen LogP contribution in [0.1, 0.15) is 23.4 Å². The molecule has 0 aliphatic carbocycles. The maximum absolute atomic E-state index is 6.03. The maximum Gasteiger partial charge on any atom is 0.169 e. The van der Waals surface area contributed by atoms with Crippen molar-refractivity contribution in [1.29, 1.82) is 0 Å². The molecule has 0 bridgehead atoms. The predicted octanol–water partition coefficient (Wildman–Crippen LogP) is 2.40. The summed E-state index contributed by atoms with van der Waals surface area (Å²) in [5, 5.41) is 7.75. The molecule has 4 heterocycles. The number of nitrogens with two attached hydrogens (primary N) is 2. The van der Waals surface area contributed by atoms with E-state index in [9.17, 15) is 0 Å². The number of aromatic nitrogens is 3. The molecular weight excluding hydrogens is 384 g/mol. The van der Waals surface area contributed by atoms with Gasteiger partial charge in [0.2, 0.25) is 0 Å². The Bertz CT molecular complexity index is 1000. The number of piperidine rings is 1. The van der Waals surface area contributed by atoms with Gasteiger partial charge in [0.1, 0.15) is 0 Å². The van der Waals surface area contributed by atoms with Gasteiger partial charge in [-0.05, 0) is 38.1 Å². The van der Waals surface area contributed by atoms with E-state index in [0.29, 0.717) is 29.9 Å². The van der Waals surface area contributed by atoms with E-state index in [-0.39, 0.29) is 0 Å². The number of rotatable bonds is 6. The fourth-order valence-electron chi connectivity index (χ4n) is 3.20. The van der Waals surface area contributed by atoms with Crippen molar-refractivity contribution in [2.24, 2.45) is 10.7 Å². The molecule has 1 aliphatic rings. The van der Waals surface area contributed by atoms with E-state index < -0.39 is 0 Å². The van der Waals surface area contributed by atoms with Gasteiger partial charge in [-0.15, -0.1) is 11.3 Å². The third-order valence-electron chi connectivity index (χ3n) is 4.81. The van der Waals surface area contributed by atoms with E-state index in [2.05, 4.69) is 36.6 Å². The highest BCUT2D eigenvalue weighted by Gasteiger charge is 2.12. The van der Waals surface area contributed by atoms with Gasteiger partial charge >= 0.3 is 0 Å². The zero-order chi connectivity index (χ0) is 20.1. The molecule has 1 aliphatic heterocycles. The summed E-state index contributed by atoms with van der Waals surface area (Å²) < 4.78 is 1.20. The lowest BCUT2D eigenvalue weighted by atomic mass is 10.1. The average Bonchev–Trinajstić information content (AvgIpc) is 3.18. The minimum absolute atomic E-state index is 0.313. The van der Waals surface area contributed by atoms with Gasteiger partial charge in [0.05, 0.1) is 24.5 Å². The highest BCUT2D eigenvalue weighted by molar-refractivity contribution is 7.19. The number of thiophene rings is 1. The number of aliphatic imine (C=N–C) groups is 1. The molecule has 150 valence electrons. The third kappa shape index (κ3) is 4.69. The van der Waals surface area contributed by atoms with Crippen LogP contribution < -0.4 is 22.1 Å². The molecule has 0 aromatic carbocycles. The van der Waals surface area contributed by atoms with Crippen LogP contribution in [0.5, 0.6) is 0 Å². The number of anilines is 2. The number of pyridine rings is 1. The molecule has 1 fully saturated rings. The largest absolute Gasteiger partial charge is 0.404 e. The Hall–Kier alpha value is -3.04. The summed E-state index contributed by atoms with van der Waals surface area (Å²) in [4.78, 5) is 18.9. The molecule has 0 spiro atoms. The van der Waals surface area contributed by atoms with Crippen molar-refractivity contribution < 1.29 is 0 Å². The molecule has 8 nitrogen and oxygen atoms in total. The van der Waals surface area contributed by atoms with Crippen LogP contribution in [0.3, 0.4) is 0 Å². The van der Waals surface area contributed by atoms with Crippen molar-refractivity contribution in [3.8, 4) is 0 Å². The third-order valence-corrected chi connectivity index (χ3v) is 5.92. The SMILES string of the molecule is NC=C(C=NC1CCNCC1)c1cnc(N)c(NCc2cc3cnccc3s2)n1. The molecule has 0 unspecified atom stereocenters. The standard InChI is InChI=1S/C20H24N8S/c21-8-14(10-25-15-1-4-23-5-2-15)17-12-26-19(22)20(28-17)27-11-16-7-13-9-24-6-3-18(13)29-16/h3,6-10,12,15,23H,1-2,4-5,11,21H2,(H2,22,26)(H,27,28). The lowest BCUT2D eigenvalue weighted by Crippen LogP contribution is -2.29. The zero-order valence-electron chi connectivity index (χ0n) is 16.0. The molecule has 3 aromatic heterocycles. The van der Waals surface area contributed by atoms with E-state index in [0.717, 1.165) is 36.9 Å². The van der Waals surface area contributed by atoms with E-state index in [1.807, 2.05) is 12.3 Å². The number of hydrogen-bond acceptors (Lipinski definition) is 9. The van der Waals surface area contributed by atoms with Gasteiger partial charge in [-0.3, -0.25) is 9.98 Å². The van der Waals surface area contributed by atoms with Crippen molar-refractivity contribution in [3.05, 3.63) is 47.5 Å². The lowest BCUT2D eigenvalue weighted by molar-refractivity contribution is 0.461. The minimum Gasteiger partial charge on any atom is -0.404 e. The van der Waals surface area contributed by atoms with Crippen LogP contribution in [0.15, 0.2) is 41.9 Å². The summed E-state index contributed by atoms with van der Waals surface area (Å²) in [5.41, 5.74) is 13.2. The Morgan fingerprint density at radius 1 is 1.34 bits per heavy atom. The molecular formula is C20H24N8S. The predicted molar refractivity (Wildman–Crippen MR) is 120 cm³/mol. The Morgan fingerprint density at radius 3 is 3.00 bits per heavy atom. The number of fused-ring (bicyclic) bond motifs is 1. The first-order chi connectivity index (χ1) is 14.2. The van der Waals surface area contributed by atoms with Crippen molar-refractivity contribution in [3.63, 3.8) is 0 Å². The van der Waals surface area contributed by atoms with Gasteiger partial charge in [0.25, 0.3) is 0 Å². The van der Waals surface area contributed by atoms with Gasteiger partial charge in [-0.1, -0.05) is 0 Å². The molecule has 9 heteroatoms. The Labute approximate surface area is 173 Å². The van der Waals surface area contributed by atoms with Gasteiger partial charge in [-0.2, -0.15) is 0 Å². The van der Waals surface area contributed by atoms with Crippen molar-refractivity contribution >= 4 is 44.8 Å². The number of nitrogens with zero attached hydrogens (tertiary/aromatic N) is 4. The molecule has 6 N–H and O–H groups in total. The van der Waals surface area contributed by atoms with Crippen molar-refractivity contribution in [2.75, 3.05) is 24.1 Å². The highest BCUT2D eigenvalue weighted by Crippen LogP contribution is 2.26. The van der Waals surface area contributed by atoms with Crippen molar-refractivity contribution in [1.82, 2.24) is 20.3 Å². The molecule has 1 saturated heterocycles.